The number of carbonyl (C=O) groups is 2. The molecule has 1 aromatic rings. The molecule has 2 saturated heterocycles. The van der Waals surface area contributed by atoms with Crippen LogP contribution in [0.4, 0.5) is 0 Å². The van der Waals surface area contributed by atoms with Gasteiger partial charge in [-0.2, -0.15) is 5.26 Å². The molecule has 0 radical (unpaired) electrons. The van der Waals surface area contributed by atoms with E-state index in [9.17, 15) is 14.9 Å². The Labute approximate surface area is 151 Å². The molecule has 132 valence electrons. The minimum Gasteiger partial charge on any atom is -0.350 e. The van der Waals surface area contributed by atoms with E-state index in [2.05, 4.69) is 16.8 Å². The Kier molecular flexibility index (Phi) is 4.38. The molecule has 6 nitrogen and oxygen atoms in total. The van der Waals surface area contributed by atoms with Gasteiger partial charge in [0.1, 0.15) is 0 Å². The van der Waals surface area contributed by atoms with Gasteiger partial charge in [0.15, 0.2) is 6.19 Å². The number of nitrogens with one attached hydrogen (secondary N) is 2. The van der Waals surface area contributed by atoms with E-state index in [4.69, 9.17) is 0 Å². The molecule has 0 unspecified atom stereocenters. The number of thiophene rings is 1. The van der Waals surface area contributed by atoms with Gasteiger partial charge in [-0.1, -0.05) is 0 Å². The molecule has 4 rings (SSSR count). The van der Waals surface area contributed by atoms with Crippen LogP contribution >= 0.6 is 11.3 Å². The molecule has 0 saturated carbocycles. The van der Waals surface area contributed by atoms with Gasteiger partial charge < -0.3 is 15.5 Å². The van der Waals surface area contributed by atoms with E-state index in [1.807, 2.05) is 11.0 Å². The average molecular weight is 358 g/mol. The van der Waals surface area contributed by atoms with Gasteiger partial charge in [-0.05, 0) is 56.6 Å². The summed E-state index contributed by atoms with van der Waals surface area (Å²) < 4.78 is 0. The second-order valence-corrected chi connectivity index (χ2v) is 8.30. The molecular weight excluding hydrogens is 336 g/mol. The van der Waals surface area contributed by atoms with Gasteiger partial charge in [-0.3, -0.25) is 9.59 Å². The molecule has 1 aliphatic carbocycles. The van der Waals surface area contributed by atoms with Crippen molar-refractivity contribution in [2.75, 3.05) is 6.54 Å². The van der Waals surface area contributed by atoms with Crippen molar-refractivity contribution >= 4 is 23.2 Å². The van der Waals surface area contributed by atoms with Crippen LogP contribution in [0.1, 0.15) is 52.2 Å². The summed E-state index contributed by atoms with van der Waals surface area (Å²) in [6, 6.07) is 2.40. The molecule has 7 heteroatoms. The fourth-order valence-corrected chi connectivity index (χ4v) is 5.58. The van der Waals surface area contributed by atoms with Gasteiger partial charge in [-0.25, -0.2) is 0 Å². The van der Waals surface area contributed by atoms with Crippen molar-refractivity contribution in [3.8, 4) is 6.19 Å². The Morgan fingerprint density at radius 2 is 2.16 bits per heavy atom. The van der Waals surface area contributed by atoms with Crippen molar-refractivity contribution < 1.29 is 9.59 Å². The van der Waals surface area contributed by atoms with E-state index in [-0.39, 0.29) is 36.5 Å². The first-order valence-electron chi connectivity index (χ1n) is 9.03. The number of carbonyl (C=O) groups excluding carboxylic acids is 2. The van der Waals surface area contributed by atoms with Crippen molar-refractivity contribution in [3.05, 3.63) is 21.4 Å². The maximum atomic E-state index is 12.3. The Morgan fingerprint density at radius 3 is 2.92 bits per heavy atom. The standard InChI is InChI=1S/C18H22N4O2S/c19-10-22-12-5-6-14(22)13(8-12)21-17(23)9-20-18(24)16-7-11-3-1-2-4-15(11)25-16/h7,12-14H,1-6,8-9H2,(H,20,24)(H,21,23)/t12-,13+,14+/m0/s1. The van der Waals surface area contributed by atoms with Crippen molar-refractivity contribution in [3.63, 3.8) is 0 Å². The Bertz CT molecular complexity index is 714. The smallest absolute Gasteiger partial charge is 0.261 e. The molecule has 2 aliphatic heterocycles. The Hall–Kier alpha value is -2.07. The summed E-state index contributed by atoms with van der Waals surface area (Å²) in [4.78, 5) is 28.3. The Morgan fingerprint density at radius 1 is 1.32 bits per heavy atom. The third-order valence-corrected chi connectivity index (χ3v) is 6.86. The summed E-state index contributed by atoms with van der Waals surface area (Å²) in [5.74, 6) is -0.341. The van der Waals surface area contributed by atoms with Crippen molar-refractivity contribution in [1.29, 1.82) is 5.26 Å². The van der Waals surface area contributed by atoms with Gasteiger partial charge in [0.05, 0.1) is 23.5 Å². The first-order valence-corrected chi connectivity index (χ1v) is 9.84. The molecule has 0 spiro atoms. The van der Waals surface area contributed by atoms with E-state index in [1.54, 1.807) is 11.3 Å². The lowest BCUT2D eigenvalue weighted by atomic mass is 9.95. The number of amides is 2. The molecule has 3 atom stereocenters. The zero-order valence-corrected chi connectivity index (χ0v) is 14.9. The fraction of sp³-hybridized carbons (Fsp3) is 0.611. The maximum absolute atomic E-state index is 12.3. The molecule has 2 fully saturated rings. The fourth-order valence-electron chi connectivity index (χ4n) is 4.41. The third kappa shape index (κ3) is 3.11. The summed E-state index contributed by atoms with van der Waals surface area (Å²) in [6.45, 7) is -0.0121. The molecule has 3 aliphatic rings. The molecule has 3 heterocycles. The number of rotatable bonds is 4. The molecule has 25 heavy (non-hydrogen) atoms. The van der Waals surface area contributed by atoms with Crippen LogP contribution in [0.25, 0.3) is 0 Å². The van der Waals surface area contributed by atoms with Crippen LogP contribution in [0.3, 0.4) is 0 Å². The first kappa shape index (κ1) is 16.4. The summed E-state index contributed by atoms with van der Waals surface area (Å²) >= 11 is 1.55. The van der Waals surface area contributed by atoms with Crippen LogP contribution in [-0.4, -0.2) is 41.4 Å². The van der Waals surface area contributed by atoms with E-state index in [0.29, 0.717) is 4.88 Å². The zero-order chi connectivity index (χ0) is 17.4. The maximum Gasteiger partial charge on any atom is 0.261 e. The number of fused-ring (bicyclic) bond motifs is 3. The lowest BCUT2D eigenvalue weighted by Gasteiger charge is -2.21. The second-order valence-electron chi connectivity index (χ2n) is 7.16. The topological polar surface area (TPSA) is 85.2 Å². The summed E-state index contributed by atoms with van der Waals surface area (Å²) in [6.07, 6.45) is 9.56. The van der Waals surface area contributed by atoms with Crippen LogP contribution in [-0.2, 0) is 17.6 Å². The van der Waals surface area contributed by atoms with E-state index < -0.39 is 0 Å². The normalized spacial score (nSPS) is 26.8. The summed E-state index contributed by atoms with van der Waals surface area (Å²) in [5.41, 5.74) is 1.30. The van der Waals surface area contributed by atoms with Crippen molar-refractivity contribution in [1.82, 2.24) is 15.5 Å². The van der Waals surface area contributed by atoms with Crippen LogP contribution < -0.4 is 10.6 Å². The van der Waals surface area contributed by atoms with Crippen molar-refractivity contribution in [2.45, 2.75) is 63.1 Å². The van der Waals surface area contributed by atoms with Gasteiger partial charge in [0.25, 0.3) is 5.91 Å². The minimum absolute atomic E-state index is 0.0121. The molecule has 2 amide bonds. The highest BCUT2D eigenvalue weighted by atomic mass is 32.1. The number of hydrogen-bond donors (Lipinski definition) is 2. The monoisotopic (exact) mass is 358 g/mol. The highest BCUT2D eigenvalue weighted by Gasteiger charge is 2.46. The lowest BCUT2D eigenvalue weighted by molar-refractivity contribution is -0.121. The first-order chi connectivity index (χ1) is 12.2. The summed E-state index contributed by atoms with van der Waals surface area (Å²) in [5, 5.41) is 14.9. The second kappa shape index (κ2) is 6.68. The van der Waals surface area contributed by atoms with Gasteiger partial charge >= 0.3 is 0 Å². The van der Waals surface area contributed by atoms with E-state index >= 15 is 0 Å². The molecular formula is C18H22N4O2S. The van der Waals surface area contributed by atoms with E-state index in [1.165, 1.54) is 23.3 Å². The molecule has 0 aromatic carbocycles. The van der Waals surface area contributed by atoms with Crippen LogP contribution in [0.2, 0.25) is 0 Å². The SMILES string of the molecule is N#CN1[C@H]2CC[C@@H]1[C@H](NC(=O)CNC(=O)c1cc3c(s1)CCCC3)C2. The quantitative estimate of drug-likeness (QED) is 0.800. The predicted octanol–water partition coefficient (Wildman–Crippen LogP) is 1.56. The lowest BCUT2D eigenvalue weighted by Crippen LogP contribution is -2.46. The number of aryl methyl sites for hydroxylation is 2. The Balaban J connectivity index is 1.28. The van der Waals surface area contributed by atoms with Gasteiger partial charge in [0, 0.05) is 10.9 Å². The highest BCUT2D eigenvalue weighted by molar-refractivity contribution is 7.14. The number of hydrogen-bond acceptors (Lipinski definition) is 5. The van der Waals surface area contributed by atoms with Gasteiger partial charge in [0.2, 0.25) is 5.91 Å². The predicted molar refractivity (Wildman–Crippen MR) is 94.1 cm³/mol. The molecule has 2 N–H and O–H groups in total. The molecule has 2 bridgehead atoms. The number of nitrogens with zero attached hydrogens (tertiary/aromatic N) is 2. The minimum atomic E-state index is -0.176. The van der Waals surface area contributed by atoms with Crippen LogP contribution in [0.15, 0.2) is 6.07 Å². The molecule has 1 aromatic heterocycles. The summed E-state index contributed by atoms with van der Waals surface area (Å²) in [7, 11) is 0. The number of nitriles is 1. The average Bonchev–Trinajstić information content (AvgIpc) is 3.30. The van der Waals surface area contributed by atoms with Gasteiger partial charge in [-0.15, -0.1) is 11.3 Å². The zero-order valence-electron chi connectivity index (χ0n) is 14.1. The van der Waals surface area contributed by atoms with E-state index in [0.717, 1.165) is 32.1 Å². The third-order valence-electron chi connectivity index (χ3n) is 5.63. The highest BCUT2D eigenvalue weighted by Crippen LogP contribution is 2.36. The van der Waals surface area contributed by atoms with Crippen molar-refractivity contribution in [2.24, 2.45) is 0 Å². The van der Waals surface area contributed by atoms with Crippen LogP contribution in [0, 0.1) is 11.5 Å². The van der Waals surface area contributed by atoms with Crippen LogP contribution in [0.5, 0.6) is 0 Å². The largest absolute Gasteiger partial charge is 0.350 e.